The fourth-order valence-electron chi connectivity index (χ4n) is 2.37. The molecule has 1 aromatic rings. The van der Waals surface area contributed by atoms with E-state index < -0.39 is 10.0 Å². The van der Waals surface area contributed by atoms with Crippen molar-refractivity contribution in [3.05, 3.63) is 17.9 Å². The molecule has 0 spiro atoms. The molecule has 1 aromatic heterocycles. The first-order chi connectivity index (χ1) is 9.41. The monoisotopic (exact) mass is 301 g/mol. The first-order valence-electron chi connectivity index (χ1n) is 6.83. The van der Waals surface area contributed by atoms with Gasteiger partial charge in [-0.05, 0) is 38.6 Å². The highest BCUT2D eigenvalue weighted by molar-refractivity contribution is 7.88. The lowest BCUT2D eigenvalue weighted by atomic mass is 10.2. The topological polar surface area (TPSA) is 65.8 Å². The van der Waals surface area contributed by atoms with Crippen LogP contribution in [0.2, 0.25) is 0 Å². The van der Waals surface area contributed by atoms with Crippen molar-refractivity contribution in [3.8, 4) is 0 Å². The lowest BCUT2D eigenvalue weighted by Gasteiger charge is -2.19. The maximum absolute atomic E-state index is 11.9. The van der Waals surface area contributed by atoms with E-state index in [0.29, 0.717) is 18.3 Å². The van der Waals surface area contributed by atoms with Crippen LogP contribution in [0, 0.1) is 0 Å². The van der Waals surface area contributed by atoms with Gasteiger partial charge in [-0.3, -0.25) is 0 Å². The van der Waals surface area contributed by atoms with Crippen LogP contribution in [-0.4, -0.2) is 57.9 Å². The van der Waals surface area contributed by atoms with E-state index in [-0.39, 0.29) is 5.09 Å². The summed E-state index contributed by atoms with van der Waals surface area (Å²) in [5.74, 6) is 0.645. The molecular formula is C13H23N3O3S. The molecule has 20 heavy (non-hydrogen) atoms. The molecule has 1 N–H and O–H groups in total. The number of furan rings is 1. The van der Waals surface area contributed by atoms with Gasteiger partial charge in [0.2, 0.25) is 5.09 Å². The zero-order valence-electron chi connectivity index (χ0n) is 12.3. The predicted octanol–water partition coefficient (Wildman–Crippen LogP) is 0.714. The van der Waals surface area contributed by atoms with E-state index in [9.17, 15) is 8.42 Å². The normalized spacial score (nSPS) is 20.9. The van der Waals surface area contributed by atoms with E-state index >= 15 is 0 Å². The minimum Gasteiger partial charge on any atom is -0.447 e. The predicted molar refractivity (Wildman–Crippen MR) is 76.9 cm³/mol. The maximum atomic E-state index is 11.9. The fraction of sp³-hybridized carbons (Fsp3) is 0.692. The van der Waals surface area contributed by atoms with E-state index in [1.165, 1.54) is 33.0 Å². The molecule has 0 radical (unpaired) electrons. The Balaban J connectivity index is 1.87. The molecule has 0 amide bonds. The Morgan fingerprint density at radius 3 is 2.80 bits per heavy atom. The molecule has 0 saturated carbocycles. The average molecular weight is 301 g/mol. The molecule has 2 heterocycles. The number of sulfonamides is 1. The first-order valence-corrected chi connectivity index (χ1v) is 8.27. The van der Waals surface area contributed by atoms with Crippen LogP contribution in [0.1, 0.15) is 18.6 Å². The number of likely N-dealkylation sites (tertiary alicyclic amines) is 1. The van der Waals surface area contributed by atoms with Gasteiger partial charge in [0.25, 0.3) is 10.0 Å². The van der Waals surface area contributed by atoms with E-state index in [1.807, 2.05) is 0 Å². The highest BCUT2D eigenvalue weighted by atomic mass is 32.2. The smallest absolute Gasteiger partial charge is 0.275 e. The number of nitrogens with one attached hydrogen (secondary N) is 1. The first kappa shape index (κ1) is 15.5. The number of hydrogen-bond acceptors (Lipinski definition) is 5. The summed E-state index contributed by atoms with van der Waals surface area (Å²) >= 11 is 0. The number of hydrogen-bond donors (Lipinski definition) is 1. The third-order valence-corrected chi connectivity index (χ3v) is 5.41. The Bertz CT molecular complexity index is 539. The van der Waals surface area contributed by atoms with Gasteiger partial charge in [-0.2, -0.15) is 0 Å². The van der Waals surface area contributed by atoms with Crippen molar-refractivity contribution in [2.24, 2.45) is 0 Å². The molecule has 1 atom stereocenters. The van der Waals surface area contributed by atoms with Crippen molar-refractivity contribution >= 4 is 10.0 Å². The van der Waals surface area contributed by atoms with Crippen LogP contribution in [0.3, 0.4) is 0 Å². The summed E-state index contributed by atoms with van der Waals surface area (Å²) in [6, 6.07) is 3.78. The summed E-state index contributed by atoms with van der Waals surface area (Å²) in [4.78, 5) is 2.34. The van der Waals surface area contributed by atoms with Crippen molar-refractivity contribution < 1.29 is 12.8 Å². The van der Waals surface area contributed by atoms with E-state index in [1.54, 1.807) is 6.07 Å². The molecule has 0 aliphatic carbocycles. The van der Waals surface area contributed by atoms with Crippen LogP contribution in [0.4, 0.5) is 0 Å². The standard InChI is InChI=1S/C13H23N3O3S/c1-15(2)20(17,18)13-7-6-12(19-13)10-14-9-11-5-4-8-16(11)3/h6-7,11,14H,4-5,8-10H2,1-3H3. The van der Waals surface area contributed by atoms with Gasteiger partial charge in [-0.15, -0.1) is 0 Å². The minimum atomic E-state index is -3.47. The summed E-state index contributed by atoms with van der Waals surface area (Å²) in [5.41, 5.74) is 0. The highest BCUT2D eigenvalue weighted by Gasteiger charge is 2.22. The van der Waals surface area contributed by atoms with Gasteiger partial charge in [-0.25, -0.2) is 12.7 Å². The van der Waals surface area contributed by atoms with E-state index in [2.05, 4.69) is 17.3 Å². The SMILES string of the molecule is CN1CCCC1CNCc1ccc(S(=O)(=O)N(C)C)o1. The number of nitrogens with zero attached hydrogens (tertiary/aromatic N) is 2. The van der Waals surface area contributed by atoms with Gasteiger partial charge >= 0.3 is 0 Å². The van der Waals surface area contributed by atoms with Crippen LogP contribution >= 0.6 is 0 Å². The maximum Gasteiger partial charge on any atom is 0.275 e. The van der Waals surface area contributed by atoms with Crippen molar-refractivity contribution in [3.63, 3.8) is 0 Å². The van der Waals surface area contributed by atoms with Crippen LogP contribution in [-0.2, 0) is 16.6 Å². The summed E-state index contributed by atoms with van der Waals surface area (Å²) in [6.45, 7) is 2.60. The summed E-state index contributed by atoms with van der Waals surface area (Å²) in [5, 5.41) is 3.32. The van der Waals surface area contributed by atoms with Gasteiger partial charge in [-0.1, -0.05) is 0 Å². The molecule has 7 heteroatoms. The van der Waals surface area contributed by atoms with Crippen LogP contribution in [0.15, 0.2) is 21.6 Å². The minimum absolute atomic E-state index is 0.00251. The molecule has 1 aliphatic heterocycles. The molecule has 1 unspecified atom stereocenters. The summed E-state index contributed by atoms with van der Waals surface area (Å²) in [6.07, 6.45) is 2.46. The van der Waals surface area contributed by atoms with Crippen LogP contribution < -0.4 is 5.32 Å². The lowest BCUT2D eigenvalue weighted by molar-refractivity contribution is 0.295. The Kier molecular flexibility index (Phi) is 4.85. The van der Waals surface area contributed by atoms with E-state index in [0.717, 1.165) is 17.4 Å². The summed E-state index contributed by atoms with van der Waals surface area (Å²) < 4.78 is 30.3. The zero-order valence-corrected chi connectivity index (χ0v) is 13.1. The molecule has 1 saturated heterocycles. The molecule has 0 aromatic carbocycles. The van der Waals surface area contributed by atoms with E-state index in [4.69, 9.17) is 4.42 Å². The summed E-state index contributed by atoms with van der Waals surface area (Å²) in [7, 11) is 1.64. The van der Waals surface area contributed by atoms with Gasteiger partial charge in [0, 0.05) is 26.7 Å². The second kappa shape index (κ2) is 6.26. The highest BCUT2D eigenvalue weighted by Crippen LogP contribution is 2.17. The Morgan fingerprint density at radius 1 is 1.45 bits per heavy atom. The van der Waals surface area contributed by atoms with Crippen molar-refractivity contribution in [1.29, 1.82) is 0 Å². The number of rotatable bonds is 6. The average Bonchev–Trinajstić information content (AvgIpc) is 2.99. The van der Waals surface area contributed by atoms with Gasteiger partial charge in [0.15, 0.2) is 0 Å². The lowest BCUT2D eigenvalue weighted by Crippen LogP contribution is -2.35. The van der Waals surface area contributed by atoms with Gasteiger partial charge < -0.3 is 14.6 Å². The number of likely N-dealkylation sites (N-methyl/N-ethyl adjacent to an activating group) is 1. The zero-order chi connectivity index (χ0) is 14.8. The Morgan fingerprint density at radius 2 is 2.20 bits per heavy atom. The molecular weight excluding hydrogens is 278 g/mol. The molecule has 0 bridgehead atoms. The molecule has 114 valence electrons. The molecule has 6 nitrogen and oxygen atoms in total. The van der Waals surface area contributed by atoms with Gasteiger partial charge in [0.1, 0.15) is 5.76 Å². The largest absolute Gasteiger partial charge is 0.447 e. The Hall–Kier alpha value is -0.890. The Labute approximate surface area is 120 Å². The fourth-order valence-corrected chi connectivity index (χ4v) is 3.18. The molecule has 1 fully saturated rings. The molecule has 2 rings (SSSR count). The third kappa shape index (κ3) is 3.41. The van der Waals surface area contributed by atoms with Crippen molar-refractivity contribution in [2.75, 3.05) is 34.2 Å². The molecule has 1 aliphatic rings. The third-order valence-electron chi connectivity index (χ3n) is 3.72. The van der Waals surface area contributed by atoms with Crippen molar-refractivity contribution in [2.45, 2.75) is 30.5 Å². The quantitative estimate of drug-likeness (QED) is 0.838. The van der Waals surface area contributed by atoms with Crippen molar-refractivity contribution in [1.82, 2.24) is 14.5 Å². The van der Waals surface area contributed by atoms with Gasteiger partial charge in [0.05, 0.1) is 6.54 Å². The second-order valence-corrected chi connectivity index (χ2v) is 7.50. The van der Waals surface area contributed by atoms with Crippen LogP contribution in [0.25, 0.3) is 0 Å². The second-order valence-electron chi connectivity index (χ2n) is 5.42. The van der Waals surface area contributed by atoms with Crippen LogP contribution in [0.5, 0.6) is 0 Å².